The third kappa shape index (κ3) is 4.15. The molecule has 30 heavy (non-hydrogen) atoms. The van der Waals surface area contributed by atoms with Gasteiger partial charge in [-0.05, 0) is 24.0 Å². The highest BCUT2D eigenvalue weighted by molar-refractivity contribution is 5.83. The Morgan fingerprint density at radius 2 is 1.47 bits per heavy atom. The summed E-state index contributed by atoms with van der Waals surface area (Å²) < 4.78 is 39.8. The number of hydrogen-bond acceptors (Lipinski definition) is 4. The Balaban J connectivity index is 1.49. The number of benzene rings is 2. The molecule has 2 aromatic carbocycles. The van der Waals surface area contributed by atoms with Crippen molar-refractivity contribution in [3.8, 4) is 0 Å². The minimum Gasteiger partial charge on any atom is -0.459 e. The number of alkyl halides is 2. The summed E-state index contributed by atoms with van der Waals surface area (Å²) in [5.41, 5.74) is 1.53. The van der Waals surface area contributed by atoms with Gasteiger partial charge in [-0.2, -0.15) is 0 Å². The first-order valence-electron chi connectivity index (χ1n) is 10.0. The van der Waals surface area contributed by atoms with Gasteiger partial charge in [0.15, 0.2) is 0 Å². The maximum Gasteiger partial charge on any atom is 0.411 e. The number of carbonyl (C=O) groups excluding carboxylic acids is 2. The minimum absolute atomic E-state index is 0.00966. The molecule has 3 fully saturated rings. The van der Waals surface area contributed by atoms with E-state index in [-0.39, 0.29) is 19.6 Å². The van der Waals surface area contributed by atoms with Crippen LogP contribution >= 0.6 is 0 Å². The van der Waals surface area contributed by atoms with E-state index in [1.165, 1.54) is 4.90 Å². The molecule has 2 heterocycles. The molecule has 3 aliphatic rings. The molecule has 2 bridgehead atoms. The number of esters is 1. The molecule has 0 unspecified atom stereocenters. The van der Waals surface area contributed by atoms with Gasteiger partial charge in [0, 0.05) is 12.5 Å². The summed E-state index contributed by atoms with van der Waals surface area (Å²) in [5.74, 6) is -5.10. The van der Waals surface area contributed by atoms with Crippen LogP contribution < -0.4 is 0 Å². The fraction of sp³-hybridized carbons (Fsp3) is 0.391. The smallest absolute Gasteiger partial charge is 0.411 e. The molecule has 1 amide bonds. The highest BCUT2D eigenvalue weighted by Crippen LogP contribution is 2.49. The van der Waals surface area contributed by atoms with Crippen molar-refractivity contribution in [1.82, 2.24) is 4.90 Å². The molecule has 1 aliphatic carbocycles. The van der Waals surface area contributed by atoms with Crippen LogP contribution in [0.15, 0.2) is 60.7 Å². The highest BCUT2D eigenvalue weighted by Gasteiger charge is 2.61. The third-order valence-corrected chi connectivity index (χ3v) is 5.82. The fourth-order valence-electron chi connectivity index (χ4n) is 4.35. The van der Waals surface area contributed by atoms with Crippen LogP contribution in [0.3, 0.4) is 0 Å². The average molecular weight is 415 g/mol. The van der Waals surface area contributed by atoms with E-state index >= 15 is 0 Å². The number of amides is 1. The molecule has 2 saturated heterocycles. The number of fused-ring (bicyclic) bond motifs is 3. The maximum atomic E-state index is 14.6. The van der Waals surface area contributed by atoms with E-state index in [0.717, 1.165) is 11.1 Å². The predicted molar refractivity (Wildman–Crippen MR) is 105 cm³/mol. The second kappa shape index (κ2) is 8.42. The summed E-state index contributed by atoms with van der Waals surface area (Å²) in [5, 5.41) is 0. The lowest BCUT2D eigenvalue weighted by atomic mass is 9.72. The largest absolute Gasteiger partial charge is 0.459 e. The van der Waals surface area contributed by atoms with E-state index < -0.39 is 42.4 Å². The number of hydrogen-bond donors (Lipinski definition) is 0. The number of ether oxygens (including phenoxy) is 2. The average Bonchev–Trinajstić information content (AvgIpc) is 2.76. The first-order valence-corrected chi connectivity index (χ1v) is 10.0. The first-order chi connectivity index (χ1) is 14.5. The molecular weight excluding hydrogens is 392 g/mol. The molecule has 5 nitrogen and oxygen atoms in total. The van der Waals surface area contributed by atoms with Crippen molar-refractivity contribution in [2.75, 3.05) is 0 Å². The molecule has 0 N–H and O–H groups in total. The Bertz CT molecular complexity index is 891. The first kappa shape index (κ1) is 20.3. The van der Waals surface area contributed by atoms with Crippen LogP contribution in [0, 0.1) is 5.92 Å². The lowest BCUT2D eigenvalue weighted by Crippen LogP contribution is -2.67. The molecule has 3 atom stereocenters. The number of nitrogens with zero attached hydrogens (tertiary/aromatic N) is 1. The van der Waals surface area contributed by atoms with Crippen LogP contribution in [0.25, 0.3) is 0 Å². The zero-order valence-electron chi connectivity index (χ0n) is 16.4. The van der Waals surface area contributed by atoms with Gasteiger partial charge in [0.2, 0.25) is 0 Å². The van der Waals surface area contributed by atoms with E-state index in [1.54, 1.807) is 36.4 Å². The van der Waals surface area contributed by atoms with Gasteiger partial charge in [0.25, 0.3) is 5.92 Å². The van der Waals surface area contributed by atoms with Crippen LogP contribution in [0.2, 0.25) is 0 Å². The van der Waals surface area contributed by atoms with E-state index in [1.807, 2.05) is 24.3 Å². The highest BCUT2D eigenvalue weighted by atomic mass is 19.3. The van der Waals surface area contributed by atoms with E-state index in [2.05, 4.69) is 0 Å². The minimum atomic E-state index is -3.02. The van der Waals surface area contributed by atoms with Crippen molar-refractivity contribution in [1.29, 1.82) is 0 Å². The number of halogens is 2. The Kier molecular flexibility index (Phi) is 5.70. The fourth-order valence-corrected chi connectivity index (χ4v) is 4.35. The Morgan fingerprint density at radius 3 is 2.03 bits per heavy atom. The van der Waals surface area contributed by atoms with Crippen molar-refractivity contribution in [2.45, 2.75) is 50.5 Å². The lowest BCUT2D eigenvalue weighted by Gasteiger charge is -2.52. The number of carbonyl (C=O) groups is 2. The quantitative estimate of drug-likeness (QED) is 0.672. The van der Waals surface area contributed by atoms with Gasteiger partial charge in [0.1, 0.15) is 19.3 Å². The van der Waals surface area contributed by atoms with Crippen molar-refractivity contribution in [3.63, 3.8) is 0 Å². The van der Waals surface area contributed by atoms with Crippen LogP contribution in [-0.4, -0.2) is 35.0 Å². The molecule has 2 aliphatic heterocycles. The van der Waals surface area contributed by atoms with Gasteiger partial charge in [0.05, 0.1) is 5.92 Å². The maximum absolute atomic E-state index is 14.6. The zero-order chi connectivity index (χ0) is 21.1. The molecule has 1 saturated carbocycles. The van der Waals surface area contributed by atoms with Crippen molar-refractivity contribution in [2.24, 2.45) is 5.92 Å². The van der Waals surface area contributed by atoms with Crippen LogP contribution in [0.5, 0.6) is 0 Å². The Labute approximate surface area is 173 Å². The molecule has 2 aromatic rings. The van der Waals surface area contributed by atoms with Crippen molar-refractivity contribution >= 4 is 12.1 Å². The van der Waals surface area contributed by atoms with E-state index in [0.29, 0.717) is 6.42 Å². The van der Waals surface area contributed by atoms with Crippen LogP contribution in [0.1, 0.15) is 30.4 Å². The predicted octanol–water partition coefficient (Wildman–Crippen LogP) is 4.55. The van der Waals surface area contributed by atoms with Gasteiger partial charge >= 0.3 is 12.1 Å². The van der Waals surface area contributed by atoms with Gasteiger partial charge in [-0.1, -0.05) is 60.7 Å². The second-order valence-corrected chi connectivity index (χ2v) is 7.79. The molecule has 0 aromatic heterocycles. The van der Waals surface area contributed by atoms with Crippen LogP contribution in [-0.2, 0) is 27.5 Å². The summed E-state index contributed by atoms with van der Waals surface area (Å²) in [7, 11) is 0. The third-order valence-electron chi connectivity index (χ3n) is 5.82. The van der Waals surface area contributed by atoms with E-state index in [9.17, 15) is 18.4 Å². The topological polar surface area (TPSA) is 55.8 Å². The zero-order valence-corrected chi connectivity index (χ0v) is 16.4. The SMILES string of the molecule is O=C(OCc1ccccc1)[C@@H]1[C@@H]2CC[C@H](CC2(F)F)N1C(=O)OCc1ccccc1. The van der Waals surface area contributed by atoms with Crippen molar-refractivity contribution in [3.05, 3.63) is 71.8 Å². The Hall–Kier alpha value is -2.96. The summed E-state index contributed by atoms with van der Waals surface area (Å²) in [6.45, 7) is -0.0260. The van der Waals surface area contributed by atoms with E-state index in [4.69, 9.17) is 9.47 Å². The molecule has 0 radical (unpaired) electrons. The summed E-state index contributed by atoms with van der Waals surface area (Å²) >= 11 is 0. The Morgan fingerprint density at radius 1 is 0.900 bits per heavy atom. The van der Waals surface area contributed by atoms with Crippen molar-refractivity contribution < 1.29 is 27.8 Å². The van der Waals surface area contributed by atoms with Crippen LogP contribution in [0.4, 0.5) is 13.6 Å². The molecular formula is C23H23F2NO4. The molecule has 5 rings (SSSR count). The van der Waals surface area contributed by atoms with Gasteiger partial charge in [-0.3, -0.25) is 4.90 Å². The second-order valence-electron chi connectivity index (χ2n) is 7.79. The standard InChI is InChI=1S/C23H23F2NO4/c24-23(25)13-18-11-12-19(23)20(21(27)29-14-16-7-3-1-4-8-16)26(18)22(28)30-15-17-9-5-2-6-10-17/h1-10,18-20H,11-15H2/t18-,19+,20+/m1/s1. The molecule has 158 valence electrons. The number of rotatable bonds is 5. The monoisotopic (exact) mass is 415 g/mol. The normalized spacial score (nSPS) is 24.3. The van der Waals surface area contributed by atoms with Gasteiger partial charge < -0.3 is 9.47 Å². The summed E-state index contributed by atoms with van der Waals surface area (Å²) in [6, 6.07) is 16.0. The summed E-state index contributed by atoms with van der Waals surface area (Å²) in [6.07, 6.45) is -0.625. The molecule has 0 spiro atoms. The van der Waals surface area contributed by atoms with Gasteiger partial charge in [-0.15, -0.1) is 0 Å². The van der Waals surface area contributed by atoms with Gasteiger partial charge in [-0.25, -0.2) is 18.4 Å². The number of piperidine rings is 2. The molecule has 7 heteroatoms. The lowest BCUT2D eigenvalue weighted by molar-refractivity contribution is -0.195. The summed E-state index contributed by atoms with van der Waals surface area (Å²) in [4.78, 5) is 26.8.